The van der Waals surface area contributed by atoms with Gasteiger partial charge in [0.05, 0.1) is 24.1 Å². The molecule has 0 saturated carbocycles. The van der Waals surface area contributed by atoms with Crippen molar-refractivity contribution in [3.05, 3.63) is 18.2 Å². The van der Waals surface area contributed by atoms with Crippen LogP contribution in [0.15, 0.2) is 18.2 Å². The number of nitrogens with two attached hydrogens (primary N) is 1. The summed E-state index contributed by atoms with van der Waals surface area (Å²) in [5, 5.41) is 3.35. The maximum atomic E-state index is 6.04. The summed E-state index contributed by atoms with van der Waals surface area (Å²) in [5.41, 5.74) is 7.68. The lowest BCUT2D eigenvalue weighted by atomic mass is 10.2. The van der Waals surface area contributed by atoms with Crippen LogP contribution in [0.2, 0.25) is 0 Å². The molecule has 1 aromatic rings. The zero-order valence-corrected chi connectivity index (χ0v) is 10.9. The summed E-state index contributed by atoms with van der Waals surface area (Å²) in [6.07, 6.45) is 3.80. The average Bonchev–Trinajstić information content (AvgIpc) is 2.87. The van der Waals surface area contributed by atoms with Gasteiger partial charge < -0.3 is 20.5 Å². The first kappa shape index (κ1) is 13.0. The number of rotatable bonds is 6. The highest BCUT2D eigenvalue weighted by molar-refractivity contribution is 5.72. The fraction of sp³-hybridized carbons (Fsp3) is 0.571. The van der Waals surface area contributed by atoms with E-state index < -0.39 is 0 Å². The van der Waals surface area contributed by atoms with E-state index in [2.05, 4.69) is 5.32 Å². The summed E-state index contributed by atoms with van der Waals surface area (Å²) in [7, 11) is 0. The molecule has 1 aromatic carbocycles. The molecule has 1 heterocycles. The molecular formula is C14H22N2O2. The normalized spacial score (nSPS) is 18.8. The van der Waals surface area contributed by atoms with Gasteiger partial charge >= 0.3 is 0 Å². The smallest absolute Gasteiger partial charge is 0.144 e. The van der Waals surface area contributed by atoms with E-state index in [0.29, 0.717) is 18.4 Å². The number of nitrogen functional groups attached to an aromatic ring is 1. The third-order valence-corrected chi connectivity index (χ3v) is 3.17. The van der Waals surface area contributed by atoms with Crippen molar-refractivity contribution < 1.29 is 9.47 Å². The van der Waals surface area contributed by atoms with Crippen molar-refractivity contribution in [1.29, 1.82) is 0 Å². The minimum atomic E-state index is 0.411. The number of nitrogens with one attached hydrogen (secondary N) is 1. The van der Waals surface area contributed by atoms with E-state index in [1.807, 2.05) is 25.1 Å². The van der Waals surface area contributed by atoms with Crippen LogP contribution in [-0.4, -0.2) is 25.9 Å². The van der Waals surface area contributed by atoms with Gasteiger partial charge in [-0.1, -0.05) is 6.07 Å². The number of ether oxygens (including phenoxy) is 2. The standard InChI is InChI=1S/C14H22N2O2/c1-2-17-13-7-3-6-12(14(13)15)16-9-8-11-5-4-10-18-11/h3,6-7,11,16H,2,4-5,8-10,15H2,1H3. The van der Waals surface area contributed by atoms with Gasteiger partial charge in [-0.3, -0.25) is 0 Å². The summed E-state index contributed by atoms with van der Waals surface area (Å²) < 4.78 is 11.1. The first-order chi connectivity index (χ1) is 8.81. The lowest BCUT2D eigenvalue weighted by molar-refractivity contribution is 0.107. The van der Waals surface area contributed by atoms with E-state index in [1.165, 1.54) is 12.8 Å². The predicted octanol–water partition coefficient (Wildman–Crippen LogP) is 2.65. The Bertz CT molecular complexity index is 376. The minimum Gasteiger partial charge on any atom is -0.492 e. The molecule has 2 rings (SSSR count). The third-order valence-electron chi connectivity index (χ3n) is 3.17. The molecule has 18 heavy (non-hydrogen) atoms. The van der Waals surface area contributed by atoms with Gasteiger partial charge in [-0.2, -0.15) is 0 Å². The van der Waals surface area contributed by atoms with E-state index in [1.54, 1.807) is 0 Å². The fourth-order valence-electron chi connectivity index (χ4n) is 2.22. The van der Waals surface area contributed by atoms with E-state index >= 15 is 0 Å². The van der Waals surface area contributed by atoms with Crippen molar-refractivity contribution in [2.45, 2.75) is 32.3 Å². The second-order valence-corrected chi connectivity index (χ2v) is 4.50. The van der Waals surface area contributed by atoms with Gasteiger partial charge in [0, 0.05) is 13.2 Å². The molecule has 4 nitrogen and oxygen atoms in total. The van der Waals surface area contributed by atoms with E-state index in [4.69, 9.17) is 15.2 Å². The monoisotopic (exact) mass is 250 g/mol. The van der Waals surface area contributed by atoms with Crippen LogP contribution in [0.5, 0.6) is 5.75 Å². The highest BCUT2D eigenvalue weighted by atomic mass is 16.5. The largest absolute Gasteiger partial charge is 0.492 e. The Hall–Kier alpha value is -1.42. The highest BCUT2D eigenvalue weighted by Gasteiger charge is 2.14. The van der Waals surface area contributed by atoms with Gasteiger partial charge in [-0.15, -0.1) is 0 Å². The third kappa shape index (κ3) is 3.29. The van der Waals surface area contributed by atoms with Crippen LogP contribution >= 0.6 is 0 Å². The molecule has 0 aliphatic carbocycles. The number of hydrogen-bond acceptors (Lipinski definition) is 4. The van der Waals surface area contributed by atoms with Crippen molar-refractivity contribution in [1.82, 2.24) is 0 Å². The first-order valence-electron chi connectivity index (χ1n) is 6.68. The van der Waals surface area contributed by atoms with Crippen LogP contribution in [0, 0.1) is 0 Å². The lowest BCUT2D eigenvalue weighted by Gasteiger charge is -2.14. The van der Waals surface area contributed by atoms with E-state index in [0.717, 1.165) is 31.0 Å². The second-order valence-electron chi connectivity index (χ2n) is 4.50. The molecular weight excluding hydrogens is 228 g/mol. The fourth-order valence-corrected chi connectivity index (χ4v) is 2.22. The molecule has 0 amide bonds. The Labute approximate surface area is 108 Å². The first-order valence-corrected chi connectivity index (χ1v) is 6.68. The number of benzene rings is 1. The molecule has 0 aromatic heterocycles. The molecule has 1 fully saturated rings. The molecule has 4 heteroatoms. The SMILES string of the molecule is CCOc1cccc(NCCC2CCCO2)c1N. The Morgan fingerprint density at radius 2 is 2.39 bits per heavy atom. The topological polar surface area (TPSA) is 56.5 Å². The molecule has 1 aliphatic heterocycles. The Kier molecular flexibility index (Phi) is 4.70. The van der Waals surface area contributed by atoms with E-state index in [9.17, 15) is 0 Å². The summed E-state index contributed by atoms with van der Waals surface area (Å²) in [5.74, 6) is 0.750. The Morgan fingerprint density at radius 1 is 1.50 bits per heavy atom. The van der Waals surface area contributed by atoms with Crippen LogP contribution in [-0.2, 0) is 4.74 Å². The average molecular weight is 250 g/mol. The quantitative estimate of drug-likeness (QED) is 0.762. The zero-order valence-electron chi connectivity index (χ0n) is 10.9. The van der Waals surface area contributed by atoms with Crippen LogP contribution < -0.4 is 15.8 Å². The molecule has 0 radical (unpaired) electrons. The second kappa shape index (κ2) is 6.50. The minimum absolute atomic E-state index is 0.411. The van der Waals surface area contributed by atoms with Crippen molar-refractivity contribution in [2.75, 3.05) is 30.8 Å². The molecule has 1 unspecified atom stereocenters. The molecule has 3 N–H and O–H groups in total. The van der Waals surface area contributed by atoms with Gasteiger partial charge in [0.25, 0.3) is 0 Å². The number of anilines is 2. The Balaban J connectivity index is 1.86. The Morgan fingerprint density at radius 3 is 3.11 bits per heavy atom. The van der Waals surface area contributed by atoms with Gasteiger partial charge in [0.1, 0.15) is 5.75 Å². The van der Waals surface area contributed by atoms with Crippen LogP contribution in [0.1, 0.15) is 26.2 Å². The maximum Gasteiger partial charge on any atom is 0.144 e. The summed E-state index contributed by atoms with van der Waals surface area (Å²) >= 11 is 0. The van der Waals surface area contributed by atoms with Gasteiger partial charge in [-0.05, 0) is 38.3 Å². The molecule has 1 aliphatic rings. The molecule has 0 spiro atoms. The van der Waals surface area contributed by atoms with Crippen molar-refractivity contribution >= 4 is 11.4 Å². The zero-order chi connectivity index (χ0) is 12.8. The molecule has 0 bridgehead atoms. The molecule has 1 saturated heterocycles. The van der Waals surface area contributed by atoms with Crippen LogP contribution in [0.25, 0.3) is 0 Å². The van der Waals surface area contributed by atoms with Gasteiger partial charge in [-0.25, -0.2) is 0 Å². The number of para-hydroxylation sites is 1. The predicted molar refractivity (Wildman–Crippen MR) is 74.1 cm³/mol. The highest BCUT2D eigenvalue weighted by Crippen LogP contribution is 2.29. The van der Waals surface area contributed by atoms with E-state index in [-0.39, 0.29) is 0 Å². The number of hydrogen-bond donors (Lipinski definition) is 2. The van der Waals surface area contributed by atoms with Crippen LogP contribution in [0.4, 0.5) is 11.4 Å². The summed E-state index contributed by atoms with van der Waals surface area (Å²) in [6, 6.07) is 5.83. The lowest BCUT2D eigenvalue weighted by Crippen LogP contribution is -2.13. The van der Waals surface area contributed by atoms with Crippen molar-refractivity contribution in [2.24, 2.45) is 0 Å². The van der Waals surface area contributed by atoms with Gasteiger partial charge in [0.15, 0.2) is 0 Å². The summed E-state index contributed by atoms with van der Waals surface area (Å²) in [4.78, 5) is 0. The maximum absolute atomic E-state index is 6.04. The van der Waals surface area contributed by atoms with Gasteiger partial charge in [0.2, 0.25) is 0 Å². The van der Waals surface area contributed by atoms with Crippen molar-refractivity contribution in [3.63, 3.8) is 0 Å². The van der Waals surface area contributed by atoms with Crippen molar-refractivity contribution in [3.8, 4) is 5.75 Å². The van der Waals surface area contributed by atoms with Crippen LogP contribution in [0.3, 0.4) is 0 Å². The summed E-state index contributed by atoms with van der Waals surface area (Å²) in [6.45, 7) is 4.37. The molecule has 100 valence electrons. The molecule has 1 atom stereocenters.